The molecule has 1 aliphatic rings. The molecule has 8 nitrogen and oxygen atoms in total. The molecule has 0 atom stereocenters. The topological polar surface area (TPSA) is 97.1 Å². The molecule has 172 valence electrons. The van der Waals surface area contributed by atoms with Gasteiger partial charge in [-0.25, -0.2) is 0 Å². The Labute approximate surface area is 196 Å². The third-order valence-electron chi connectivity index (χ3n) is 6.05. The van der Waals surface area contributed by atoms with Gasteiger partial charge in [-0.2, -0.15) is 5.10 Å². The van der Waals surface area contributed by atoms with Gasteiger partial charge in [0.05, 0.1) is 22.6 Å². The van der Waals surface area contributed by atoms with Gasteiger partial charge in [0.15, 0.2) is 0 Å². The van der Waals surface area contributed by atoms with Crippen LogP contribution in [0.5, 0.6) is 0 Å². The maximum absolute atomic E-state index is 13.0. The number of anilines is 2. The van der Waals surface area contributed by atoms with Gasteiger partial charge in [-0.15, -0.1) is 0 Å². The molecule has 1 aliphatic heterocycles. The van der Waals surface area contributed by atoms with Crippen LogP contribution in [0.1, 0.15) is 21.7 Å². The fourth-order valence-corrected chi connectivity index (χ4v) is 4.12. The van der Waals surface area contributed by atoms with Crippen LogP contribution in [0.3, 0.4) is 0 Å². The Morgan fingerprint density at radius 3 is 2.56 bits per heavy atom. The molecule has 1 amide bonds. The fraction of sp³-hybridized carbons (Fsp3) is 0.192. The summed E-state index contributed by atoms with van der Waals surface area (Å²) in [5, 5.41) is 11.6. The second kappa shape index (κ2) is 9.36. The molecule has 2 aromatic carbocycles. The Balaban J connectivity index is 1.53. The summed E-state index contributed by atoms with van der Waals surface area (Å²) in [5.74, 6) is -0.364. The van der Waals surface area contributed by atoms with Crippen molar-refractivity contribution in [2.24, 2.45) is 0 Å². The van der Waals surface area contributed by atoms with Crippen molar-refractivity contribution in [1.29, 1.82) is 0 Å². The molecule has 0 saturated carbocycles. The number of rotatable bonds is 5. The van der Waals surface area contributed by atoms with E-state index in [1.54, 1.807) is 12.1 Å². The van der Waals surface area contributed by atoms with Crippen molar-refractivity contribution in [3.8, 4) is 0 Å². The van der Waals surface area contributed by atoms with Gasteiger partial charge >= 0.3 is 0 Å². The molecule has 0 bridgehead atoms. The number of carbonyl (C=O) groups excluding carboxylic acids is 1. The second-order valence-electron chi connectivity index (χ2n) is 8.44. The number of hydrogen-bond acceptors (Lipinski definition) is 5. The van der Waals surface area contributed by atoms with E-state index in [4.69, 9.17) is 0 Å². The molecule has 0 radical (unpaired) electrons. The van der Waals surface area contributed by atoms with Crippen LogP contribution in [0.2, 0.25) is 0 Å². The highest BCUT2D eigenvalue weighted by Crippen LogP contribution is 2.33. The largest absolute Gasteiger partial charge is 0.367 e. The zero-order valence-corrected chi connectivity index (χ0v) is 18.9. The molecule has 0 aliphatic carbocycles. The molecule has 2 aromatic heterocycles. The van der Waals surface area contributed by atoms with Gasteiger partial charge in [-0.3, -0.25) is 14.7 Å². The zero-order chi connectivity index (χ0) is 23.5. The number of amides is 1. The molecule has 5 rings (SSSR count). The average Bonchev–Trinajstić information content (AvgIpc) is 3.25. The molecule has 3 heterocycles. The maximum atomic E-state index is 13.0. The Morgan fingerprint density at radius 2 is 1.79 bits per heavy atom. The van der Waals surface area contributed by atoms with E-state index in [-0.39, 0.29) is 17.2 Å². The van der Waals surface area contributed by atoms with Gasteiger partial charge in [0.2, 0.25) is 5.56 Å². The quantitative estimate of drug-likeness (QED) is 0.429. The standard InChI is InChI=1S/C26H26N6O2/c1-31-12-14-32(15-13-31)24-17-22-19(20(29-30-22)11-10-18-6-3-2-4-7-18)16-23(24)28-26(34)21-8-5-9-25(33)27-21/h2-11,16-17H,12-15H2,1H3,(H,27,33)(H,28,34)(H,29,30). The Kier molecular flexibility index (Phi) is 5.97. The molecule has 0 spiro atoms. The number of fused-ring (bicyclic) bond motifs is 1. The molecule has 0 unspecified atom stereocenters. The van der Waals surface area contributed by atoms with Crippen LogP contribution in [0.4, 0.5) is 11.4 Å². The normalized spacial score (nSPS) is 14.7. The number of benzene rings is 2. The fourth-order valence-electron chi connectivity index (χ4n) is 4.12. The first-order valence-electron chi connectivity index (χ1n) is 11.3. The van der Waals surface area contributed by atoms with Crippen LogP contribution in [0.25, 0.3) is 23.1 Å². The molecule has 1 saturated heterocycles. The SMILES string of the molecule is CN1CCN(c2cc3[nH]nc(C=Cc4ccccc4)c3cc2NC(=O)c2cccc(=O)[nH]2)CC1. The van der Waals surface area contributed by atoms with Crippen LogP contribution in [-0.4, -0.2) is 59.2 Å². The van der Waals surface area contributed by atoms with Gasteiger partial charge < -0.3 is 20.1 Å². The lowest BCUT2D eigenvalue weighted by Gasteiger charge is -2.35. The van der Waals surface area contributed by atoms with Gasteiger partial charge in [0.25, 0.3) is 5.91 Å². The van der Waals surface area contributed by atoms with Crippen molar-refractivity contribution in [2.45, 2.75) is 0 Å². The van der Waals surface area contributed by atoms with Gasteiger partial charge in [-0.1, -0.05) is 42.5 Å². The van der Waals surface area contributed by atoms with E-state index in [0.717, 1.165) is 54.0 Å². The van der Waals surface area contributed by atoms with E-state index < -0.39 is 0 Å². The predicted molar refractivity (Wildman–Crippen MR) is 136 cm³/mol. The molecule has 4 aromatic rings. The third kappa shape index (κ3) is 4.62. The smallest absolute Gasteiger partial charge is 0.272 e. The summed E-state index contributed by atoms with van der Waals surface area (Å²) < 4.78 is 0. The van der Waals surface area contributed by atoms with Gasteiger partial charge in [0, 0.05) is 37.6 Å². The first-order chi connectivity index (χ1) is 16.6. The number of nitrogens with one attached hydrogen (secondary N) is 3. The summed E-state index contributed by atoms with van der Waals surface area (Å²) in [5.41, 5.74) is 4.27. The second-order valence-corrected chi connectivity index (χ2v) is 8.44. The third-order valence-corrected chi connectivity index (χ3v) is 6.05. The van der Waals surface area contributed by atoms with E-state index in [2.05, 4.69) is 37.3 Å². The lowest BCUT2D eigenvalue weighted by Crippen LogP contribution is -2.44. The van der Waals surface area contributed by atoms with Crippen molar-refractivity contribution in [1.82, 2.24) is 20.1 Å². The van der Waals surface area contributed by atoms with Gasteiger partial charge in [0.1, 0.15) is 5.69 Å². The van der Waals surface area contributed by atoms with Crippen LogP contribution < -0.4 is 15.8 Å². The van der Waals surface area contributed by atoms with Crippen molar-refractivity contribution < 1.29 is 4.79 Å². The molecule has 3 N–H and O–H groups in total. The highest BCUT2D eigenvalue weighted by molar-refractivity contribution is 6.07. The van der Waals surface area contributed by atoms with E-state index in [0.29, 0.717) is 5.69 Å². The van der Waals surface area contributed by atoms with Crippen molar-refractivity contribution in [3.05, 3.63) is 88.0 Å². The van der Waals surface area contributed by atoms with Crippen LogP contribution in [0.15, 0.2) is 65.5 Å². The van der Waals surface area contributed by atoms with Crippen molar-refractivity contribution in [3.63, 3.8) is 0 Å². The summed E-state index contributed by atoms with van der Waals surface area (Å²) in [6.07, 6.45) is 3.97. The first kappa shape index (κ1) is 21.7. The Bertz CT molecular complexity index is 1400. The summed E-state index contributed by atoms with van der Waals surface area (Å²) in [6, 6.07) is 18.6. The zero-order valence-electron chi connectivity index (χ0n) is 18.9. The monoisotopic (exact) mass is 454 g/mol. The highest BCUT2D eigenvalue weighted by Gasteiger charge is 2.21. The molecular formula is C26H26N6O2. The lowest BCUT2D eigenvalue weighted by molar-refractivity contribution is 0.102. The minimum atomic E-state index is -0.364. The van der Waals surface area contributed by atoms with E-state index in [9.17, 15) is 9.59 Å². The van der Waals surface area contributed by atoms with E-state index >= 15 is 0 Å². The van der Waals surface area contributed by atoms with E-state index in [1.165, 1.54) is 6.07 Å². The Hall–Kier alpha value is -4.17. The van der Waals surface area contributed by atoms with Crippen LogP contribution >= 0.6 is 0 Å². The number of pyridine rings is 1. The average molecular weight is 455 g/mol. The number of carbonyl (C=O) groups is 1. The number of piperazine rings is 1. The summed E-state index contributed by atoms with van der Waals surface area (Å²) in [6.45, 7) is 3.57. The minimum absolute atomic E-state index is 0.216. The molecule has 1 fully saturated rings. The number of nitrogens with zero attached hydrogens (tertiary/aromatic N) is 3. The maximum Gasteiger partial charge on any atom is 0.272 e. The first-order valence-corrected chi connectivity index (χ1v) is 11.3. The number of H-pyrrole nitrogens is 2. The molecule has 8 heteroatoms. The van der Waals surface area contributed by atoms with Gasteiger partial charge in [-0.05, 0) is 36.9 Å². The number of hydrogen-bond donors (Lipinski definition) is 3. The van der Waals surface area contributed by atoms with Crippen molar-refractivity contribution >= 4 is 40.3 Å². The lowest BCUT2D eigenvalue weighted by atomic mass is 10.1. The summed E-state index contributed by atoms with van der Waals surface area (Å²) in [7, 11) is 2.11. The summed E-state index contributed by atoms with van der Waals surface area (Å²) in [4.78, 5) is 31.8. The summed E-state index contributed by atoms with van der Waals surface area (Å²) >= 11 is 0. The van der Waals surface area contributed by atoms with Crippen LogP contribution in [-0.2, 0) is 0 Å². The predicted octanol–water partition coefficient (Wildman–Crippen LogP) is 3.43. The number of likely N-dealkylation sites (N-methyl/N-ethyl adjacent to an activating group) is 1. The Morgan fingerprint density at radius 1 is 1.00 bits per heavy atom. The highest BCUT2D eigenvalue weighted by atomic mass is 16.2. The number of aromatic nitrogens is 3. The molecule has 34 heavy (non-hydrogen) atoms. The van der Waals surface area contributed by atoms with E-state index in [1.807, 2.05) is 54.6 Å². The minimum Gasteiger partial charge on any atom is -0.367 e. The van der Waals surface area contributed by atoms with Crippen molar-refractivity contribution in [2.75, 3.05) is 43.4 Å². The number of aromatic amines is 2. The van der Waals surface area contributed by atoms with Crippen LogP contribution in [0, 0.1) is 0 Å². The molecular weight excluding hydrogens is 428 g/mol.